The number of esters is 1. The van der Waals surface area contributed by atoms with Crippen molar-refractivity contribution in [2.45, 2.75) is 20.3 Å². The average molecular weight is 416 g/mol. The minimum Gasteiger partial charge on any atom is -0.494 e. The largest absolute Gasteiger partial charge is 0.494 e. The van der Waals surface area contributed by atoms with Crippen LogP contribution in [0.1, 0.15) is 29.8 Å². The molecule has 2 aromatic carbocycles. The van der Waals surface area contributed by atoms with E-state index in [0.717, 1.165) is 6.07 Å². The van der Waals surface area contributed by atoms with Crippen LogP contribution in [-0.2, 0) is 25.5 Å². The summed E-state index contributed by atoms with van der Waals surface area (Å²) in [5.74, 6) is -2.56. The first-order valence-electron chi connectivity index (χ1n) is 8.90. The van der Waals surface area contributed by atoms with E-state index in [4.69, 9.17) is 9.47 Å². The molecule has 2 rings (SSSR count). The zero-order valence-corrected chi connectivity index (χ0v) is 16.7. The first-order chi connectivity index (χ1) is 14.2. The van der Waals surface area contributed by atoms with E-state index in [0.29, 0.717) is 11.3 Å². The van der Waals surface area contributed by atoms with Crippen molar-refractivity contribution in [1.82, 2.24) is 0 Å². The number of carbonyl (C=O) groups excluding carboxylic acids is 4. The third kappa shape index (κ3) is 6.40. The number of hydrogen-bond acceptors (Lipinski definition) is 6. The van der Waals surface area contributed by atoms with Crippen molar-refractivity contribution >= 4 is 34.9 Å². The number of Topliss-reactive ketones (excluding diaryl/α,β-unsaturated/α-hetero) is 1. The van der Waals surface area contributed by atoms with Gasteiger partial charge in [-0.1, -0.05) is 6.07 Å². The van der Waals surface area contributed by atoms with Gasteiger partial charge >= 0.3 is 5.97 Å². The number of halogens is 1. The number of amides is 2. The monoisotopic (exact) mass is 416 g/mol. The van der Waals surface area contributed by atoms with Gasteiger partial charge in [0.2, 0.25) is 17.6 Å². The van der Waals surface area contributed by atoms with Crippen LogP contribution in [0.15, 0.2) is 36.4 Å². The maximum absolute atomic E-state index is 13.7. The Kier molecular flexibility index (Phi) is 7.62. The highest BCUT2D eigenvalue weighted by Crippen LogP contribution is 2.22. The van der Waals surface area contributed by atoms with E-state index in [1.54, 1.807) is 0 Å². The molecule has 2 amide bonds. The van der Waals surface area contributed by atoms with Gasteiger partial charge in [-0.25, -0.2) is 4.39 Å². The standard InChI is InChI=1S/C21H21FN2O6/c1-12(25)23-15-5-6-16(18(10-15)24-13(2)26)19(27)11-30-21(28)9-14-4-7-20(29-3)17(22)8-14/h4-8,10H,9,11H2,1-3H3,(H,23,25)(H,24,26). The summed E-state index contributed by atoms with van der Waals surface area (Å²) in [6.45, 7) is 2.03. The molecule has 0 aromatic heterocycles. The van der Waals surface area contributed by atoms with Crippen LogP contribution in [0.3, 0.4) is 0 Å². The Bertz CT molecular complexity index is 989. The zero-order valence-electron chi connectivity index (χ0n) is 16.7. The van der Waals surface area contributed by atoms with Gasteiger partial charge in [0.25, 0.3) is 0 Å². The molecule has 0 saturated carbocycles. The van der Waals surface area contributed by atoms with E-state index in [1.807, 2.05) is 0 Å². The molecule has 0 aliphatic rings. The van der Waals surface area contributed by atoms with Crippen molar-refractivity contribution in [2.24, 2.45) is 0 Å². The van der Waals surface area contributed by atoms with Gasteiger partial charge < -0.3 is 20.1 Å². The highest BCUT2D eigenvalue weighted by atomic mass is 19.1. The highest BCUT2D eigenvalue weighted by Gasteiger charge is 2.16. The van der Waals surface area contributed by atoms with Crippen molar-refractivity contribution in [1.29, 1.82) is 0 Å². The van der Waals surface area contributed by atoms with E-state index in [9.17, 15) is 23.6 Å². The fraction of sp³-hybridized carbons (Fsp3) is 0.238. The number of benzene rings is 2. The van der Waals surface area contributed by atoms with E-state index in [1.165, 1.54) is 51.3 Å². The Morgan fingerprint density at radius 2 is 1.67 bits per heavy atom. The summed E-state index contributed by atoms with van der Waals surface area (Å²) in [6.07, 6.45) is -0.228. The molecule has 9 heteroatoms. The lowest BCUT2D eigenvalue weighted by molar-refractivity contribution is -0.141. The summed E-state index contributed by atoms with van der Waals surface area (Å²) in [5.41, 5.74) is 1.04. The Morgan fingerprint density at radius 3 is 2.27 bits per heavy atom. The van der Waals surface area contributed by atoms with Gasteiger partial charge in [0.05, 0.1) is 19.2 Å². The SMILES string of the molecule is COc1ccc(CC(=O)OCC(=O)c2ccc(NC(C)=O)cc2NC(C)=O)cc1F. The van der Waals surface area contributed by atoms with Crippen LogP contribution >= 0.6 is 0 Å². The molecule has 0 radical (unpaired) electrons. The number of carbonyl (C=O) groups is 4. The van der Waals surface area contributed by atoms with Gasteiger partial charge in [0, 0.05) is 25.1 Å². The third-order valence-electron chi connectivity index (χ3n) is 3.88. The van der Waals surface area contributed by atoms with Crippen molar-refractivity contribution < 1.29 is 33.0 Å². The number of hydrogen-bond donors (Lipinski definition) is 2. The lowest BCUT2D eigenvalue weighted by Gasteiger charge is -2.12. The predicted molar refractivity (Wildman–Crippen MR) is 107 cm³/mol. The topological polar surface area (TPSA) is 111 Å². The first-order valence-corrected chi connectivity index (χ1v) is 8.90. The Hall–Kier alpha value is -3.75. The van der Waals surface area contributed by atoms with Gasteiger partial charge in [-0.2, -0.15) is 0 Å². The third-order valence-corrected chi connectivity index (χ3v) is 3.88. The molecule has 2 N–H and O–H groups in total. The maximum Gasteiger partial charge on any atom is 0.310 e. The Morgan fingerprint density at radius 1 is 0.967 bits per heavy atom. The van der Waals surface area contributed by atoms with Crippen molar-refractivity contribution in [3.63, 3.8) is 0 Å². The molecule has 8 nitrogen and oxygen atoms in total. The summed E-state index contributed by atoms with van der Waals surface area (Å²) in [7, 11) is 1.33. The average Bonchev–Trinajstić information content (AvgIpc) is 2.65. The Labute approximate surface area is 172 Å². The smallest absolute Gasteiger partial charge is 0.310 e. The molecule has 0 atom stereocenters. The fourth-order valence-electron chi connectivity index (χ4n) is 2.62. The van der Waals surface area contributed by atoms with Crippen molar-refractivity contribution in [3.8, 4) is 5.75 Å². The number of rotatable bonds is 8. The number of ketones is 1. The van der Waals surface area contributed by atoms with Crippen LogP contribution < -0.4 is 15.4 Å². The van der Waals surface area contributed by atoms with Crippen LogP contribution in [0.5, 0.6) is 5.75 Å². The van der Waals surface area contributed by atoms with E-state index in [2.05, 4.69) is 10.6 Å². The fourth-order valence-corrected chi connectivity index (χ4v) is 2.62. The molecule has 2 aromatic rings. The lowest BCUT2D eigenvalue weighted by Crippen LogP contribution is -2.18. The summed E-state index contributed by atoms with van der Waals surface area (Å²) in [5, 5.41) is 5.06. The number of methoxy groups -OCH3 is 1. The summed E-state index contributed by atoms with van der Waals surface area (Å²) in [4.78, 5) is 47.1. The van der Waals surface area contributed by atoms with Gasteiger partial charge in [-0.3, -0.25) is 19.2 Å². The molecule has 30 heavy (non-hydrogen) atoms. The molecular formula is C21H21FN2O6. The molecular weight excluding hydrogens is 395 g/mol. The van der Waals surface area contributed by atoms with Crippen LogP contribution in [0, 0.1) is 5.82 Å². The molecule has 0 aliphatic heterocycles. The van der Waals surface area contributed by atoms with E-state index < -0.39 is 30.1 Å². The van der Waals surface area contributed by atoms with Crippen LogP contribution in [-0.4, -0.2) is 37.3 Å². The molecule has 158 valence electrons. The van der Waals surface area contributed by atoms with Gasteiger partial charge in [0.15, 0.2) is 18.2 Å². The molecule has 0 bridgehead atoms. The molecule has 0 saturated heterocycles. The van der Waals surface area contributed by atoms with Gasteiger partial charge in [-0.05, 0) is 35.9 Å². The summed E-state index contributed by atoms with van der Waals surface area (Å²) >= 11 is 0. The summed E-state index contributed by atoms with van der Waals surface area (Å²) in [6, 6.07) is 8.38. The van der Waals surface area contributed by atoms with Crippen molar-refractivity contribution in [2.75, 3.05) is 24.4 Å². The van der Waals surface area contributed by atoms with Crippen LogP contribution in [0.25, 0.3) is 0 Å². The second-order valence-corrected chi connectivity index (χ2v) is 6.35. The molecule has 0 spiro atoms. The highest BCUT2D eigenvalue weighted by molar-refractivity contribution is 6.06. The second kappa shape index (κ2) is 10.1. The quantitative estimate of drug-likeness (QED) is 0.506. The van der Waals surface area contributed by atoms with Gasteiger partial charge in [-0.15, -0.1) is 0 Å². The second-order valence-electron chi connectivity index (χ2n) is 6.35. The molecule has 0 aliphatic carbocycles. The number of nitrogens with one attached hydrogen (secondary N) is 2. The number of anilines is 2. The molecule has 0 heterocycles. The number of ether oxygens (including phenoxy) is 2. The lowest BCUT2D eigenvalue weighted by atomic mass is 10.1. The minimum absolute atomic E-state index is 0.0514. The normalized spacial score (nSPS) is 10.1. The Balaban J connectivity index is 2.05. The van der Waals surface area contributed by atoms with Crippen LogP contribution in [0.4, 0.5) is 15.8 Å². The van der Waals surface area contributed by atoms with Gasteiger partial charge in [0.1, 0.15) is 0 Å². The first kappa shape index (κ1) is 22.5. The van der Waals surface area contributed by atoms with E-state index >= 15 is 0 Å². The predicted octanol–water partition coefficient (Wildman–Crippen LogP) is 2.72. The summed E-state index contributed by atoms with van der Waals surface area (Å²) < 4.78 is 23.5. The maximum atomic E-state index is 13.7. The van der Waals surface area contributed by atoms with Crippen LogP contribution in [0.2, 0.25) is 0 Å². The zero-order chi connectivity index (χ0) is 22.3. The molecule has 0 unspecified atom stereocenters. The molecule has 0 fully saturated rings. The minimum atomic E-state index is -0.719. The van der Waals surface area contributed by atoms with E-state index in [-0.39, 0.29) is 29.3 Å². The van der Waals surface area contributed by atoms with Crippen molar-refractivity contribution in [3.05, 3.63) is 53.3 Å².